The third-order valence-electron chi connectivity index (χ3n) is 9.99. The van der Waals surface area contributed by atoms with Crippen LogP contribution in [0.25, 0.3) is 0 Å². The number of nitrogens with one attached hydrogen (secondary N) is 3. The third-order valence-corrected chi connectivity index (χ3v) is 11.8. The maximum absolute atomic E-state index is 14.2. The molecule has 4 amide bonds. The molecule has 2 heterocycles. The summed E-state index contributed by atoms with van der Waals surface area (Å²) < 4.78 is 46.5. The molecular weight excluding hydrogens is 657 g/mol. The van der Waals surface area contributed by atoms with Crippen LogP contribution in [0.15, 0.2) is 41.6 Å². The molecule has 2 aliphatic heterocycles. The van der Waals surface area contributed by atoms with Gasteiger partial charge in [-0.25, -0.2) is 17.6 Å². The number of fused-ring (bicyclic) bond motifs is 2. The predicted molar refractivity (Wildman–Crippen MR) is 176 cm³/mol. The van der Waals surface area contributed by atoms with Gasteiger partial charge in [0.2, 0.25) is 21.8 Å². The fraction of sp³-hybridized carbons (Fsp3) is 0.618. The summed E-state index contributed by atoms with van der Waals surface area (Å²) in [6.07, 6.45) is 11.4. The standard InChI is InChI=1S/C34H44FN5O8S/c35-24-14-12-22(13-15-24)20-36-48-26-18-29-30(41)38-34(32(43)39-49(45,46)27-16-17-27)19-23(34)8-4-2-1-3-5-11-28(31(42)40(29)21-26)37-33(44)47-25-9-6-7-10-25/h4,8,12-15,20,23,25-29H,1-3,5-7,9-11,16-19,21H2,(H,37,44)(H,38,41)(H,39,43)/b8-4-,36-20+/t23-,26-,28+,29+,34?/m1/s1. The van der Waals surface area contributed by atoms with E-state index >= 15 is 0 Å². The van der Waals surface area contributed by atoms with Crippen molar-refractivity contribution in [3.63, 3.8) is 0 Å². The van der Waals surface area contributed by atoms with Gasteiger partial charge in [-0.2, -0.15) is 0 Å². The molecule has 0 radical (unpaired) electrons. The van der Waals surface area contributed by atoms with Crippen LogP contribution in [0.3, 0.4) is 0 Å². The number of alkyl carbamates (subject to hydrolysis) is 1. The molecule has 1 aromatic rings. The highest BCUT2D eigenvalue weighted by molar-refractivity contribution is 7.91. The Bertz CT molecular complexity index is 1580. The van der Waals surface area contributed by atoms with Gasteiger partial charge in [-0.15, -0.1) is 0 Å². The van der Waals surface area contributed by atoms with Gasteiger partial charge in [0.25, 0.3) is 5.91 Å². The molecule has 266 valence electrons. The lowest BCUT2D eigenvalue weighted by molar-refractivity contribution is -0.141. The fourth-order valence-corrected chi connectivity index (χ4v) is 8.26. The number of carbonyl (C=O) groups excluding carboxylic acids is 4. The monoisotopic (exact) mass is 701 g/mol. The number of hydrogen-bond donors (Lipinski definition) is 3. The van der Waals surface area contributed by atoms with Crippen LogP contribution in [0.4, 0.5) is 9.18 Å². The zero-order valence-electron chi connectivity index (χ0n) is 27.4. The van der Waals surface area contributed by atoms with E-state index in [1.54, 1.807) is 0 Å². The Labute approximate surface area is 285 Å². The average Bonchev–Trinajstić information content (AvgIpc) is 3.94. The van der Waals surface area contributed by atoms with Crippen LogP contribution in [0.1, 0.15) is 89.0 Å². The van der Waals surface area contributed by atoms with Crippen LogP contribution < -0.4 is 15.4 Å². The van der Waals surface area contributed by atoms with E-state index in [2.05, 4.69) is 20.5 Å². The van der Waals surface area contributed by atoms with Gasteiger partial charge in [-0.1, -0.05) is 42.3 Å². The van der Waals surface area contributed by atoms with E-state index < -0.39 is 74.5 Å². The molecule has 13 nitrogen and oxygen atoms in total. The van der Waals surface area contributed by atoms with E-state index in [-0.39, 0.29) is 25.5 Å². The minimum absolute atomic E-state index is 0.0240. The Morgan fingerprint density at radius 1 is 1.00 bits per heavy atom. The molecule has 4 fully saturated rings. The highest BCUT2D eigenvalue weighted by Gasteiger charge is 2.62. The molecule has 1 saturated heterocycles. The number of oxime groups is 1. The summed E-state index contributed by atoms with van der Waals surface area (Å²) in [6.45, 7) is -0.0356. The van der Waals surface area contributed by atoms with Crippen molar-refractivity contribution in [1.29, 1.82) is 0 Å². The van der Waals surface area contributed by atoms with Crippen molar-refractivity contribution in [3.05, 3.63) is 47.8 Å². The summed E-state index contributed by atoms with van der Waals surface area (Å²) in [6, 6.07) is 3.53. The maximum Gasteiger partial charge on any atom is 0.408 e. The molecule has 3 saturated carbocycles. The number of amides is 4. The molecule has 5 aliphatic rings. The van der Waals surface area contributed by atoms with E-state index in [1.165, 1.54) is 35.4 Å². The van der Waals surface area contributed by atoms with Crippen LogP contribution >= 0.6 is 0 Å². The summed E-state index contributed by atoms with van der Waals surface area (Å²) in [7, 11) is -3.88. The molecule has 0 spiro atoms. The van der Waals surface area contributed by atoms with Crippen molar-refractivity contribution in [1.82, 2.24) is 20.3 Å². The summed E-state index contributed by atoms with van der Waals surface area (Å²) >= 11 is 0. The molecule has 49 heavy (non-hydrogen) atoms. The minimum atomic E-state index is -3.88. The molecule has 3 N–H and O–H groups in total. The molecule has 1 aromatic carbocycles. The first kappa shape index (κ1) is 34.8. The smallest absolute Gasteiger partial charge is 0.408 e. The van der Waals surface area contributed by atoms with E-state index in [0.29, 0.717) is 37.7 Å². The quantitative estimate of drug-likeness (QED) is 0.211. The Kier molecular flexibility index (Phi) is 10.6. The Hall–Kier alpha value is -4.01. The second kappa shape index (κ2) is 14.9. The molecule has 0 aromatic heterocycles. The topological polar surface area (TPSA) is 173 Å². The minimum Gasteiger partial charge on any atom is -0.446 e. The van der Waals surface area contributed by atoms with Gasteiger partial charge in [0.1, 0.15) is 35.6 Å². The first-order valence-electron chi connectivity index (χ1n) is 17.3. The number of carbonyl (C=O) groups is 4. The lowest BCUT2D eigenvalue weighted by Gasteiger charge is -2.30. The van der Waals surface area contributed by atoms with Gasteiger partial charge in [0.05, 0.1) is 18.0 Å². The second-order valence-corrected chi connectivity index (χ2v) is 15.7. The number of allylic oxidation sites excluding steroid dienone is 1. The van der Waals surface area contributed by atoms with Crippen molar-refractivity contribution in [2.45, 2.75) is 119 Å². The zero-order valence-corrected chi connectivity index (χ0v) is 28.2. The first-order valence-corrected chi connectivity index (χ1v) is 18.9. The summed E-state index contributed by atoms with van der Waals surface area (Å²) in [4.78, 5) is 61.8. The van der Waals surface area contributed by atoms with Crippen LogP contribution in [-0.2, 0) is 34.0 Å². The molecule has 15 heteroatoms. The molecule has 5 atom stereocenters. The molecule has 6 rings (SSSR count). The van der Waals surface area contributed by atoms with Crippen molar-refractivity contribution in [2.75, 3.05) is 6.54 Å². The third kappa shape index (κ3) is 8.60. The first-order chi connectivity index (χ1) is 23.5. The number of sulfonamides is 1. The van der Waals surface area contributed by atoms with Crippen molar-refractivity contribution in [2.24, 2.45) is 11.1 Å². The van der Waals surface area contributed by atoms with Crippen LogP contribution in [-0.4, -0.2) is 85.0 Å². The van der Waals surface area contributed by atoms with Crippen LogP contribution in [0, 0.1) is 11.7 Å². The lowest BCUT2D eigenvalue weighted by atomic mass is 10.0. The molecular formula is C34H44FN5O8S. The van der Waals surface area contributed by atoms with Gasteiger partial charge < -0.3 is 25.1 Å². The van der Waals surface area contributed by atoms with Gasteiger partial charge in [0.15, 0.2) is 0 Å². The van der Waals surface area contributed by atoms with Gasteiger partial charge in [0, 0.05) is 12.3 Å². The van der Waals surface area contributed by atoms with Crippen molar-refractivity contribution < 1.29 is 41.6 Å². The van der Waals surface area contributed by atoms with E-state index in [0.717, 1.165) is 38.5 Å². The number of hydrogen-bond acceptors (Lipinski definition) is 9. The maximum atomic E-state index is 14.2. The highest BCUT2D eigenvalue weighted by atomic mass is 32.2. The van der Waals surface area contributed by atoms with Crippen molar-refractivity contribution >= 4 is 40.1 Å². The highest BCUT2D eigenvalue weighted by Crippen LogP contribution is 2.46. The van der Waals surface area contributed by atoms with E-state index in [9.17, 15) is 32.0 Å². The number of nitrogens with zero attached hydrogens (tertiary/aromatic N) is 2. The van der Waals surface area contributed by atoms with Gasteiger partial charge in [-0.3, -0.25) is 19.1 Å². The summed E-state index contributed by atoms with van der Waals surface area (Å²) in [5.74, 6) is -2.75. The van der Waals surface area contributed by atoms with E-state index in [1.807, 2.05) is 12.2 Å². The predicted octanol–water partition coefficient (Wildman–Crippen LogP) is 3.19. The second-order valence-electron chi connectivity index (χ2n) is 13.8. The summed E-state index contributed by atoms with van der Waals surface area (Å²) in [5, 5.41) is 8.97. The van der Waals surface area contributed by atoms with Crippen LogP contribution in [0.2, 0.25) is 0 Å². The zero-order chi connectivity index (χ0) is 34.6. The largest absolute Gasteiger partial charge is 0.446 e. The number of rotatable bonds is 8. The lowest BCUT2D eigenvalue weighted by Crippen LogP contribution is -2.58. The number of benzene rings is 1. The Balaban J connectivity index is 1.23. The summed E-state index contributed by atoms with van der Waals surface area (Å²) in [5.41, 5.74) is -0.914. The Morgan fingerprint density at radius 3 is 2.47 bits per heavy atom. The van der Waals surface area contributed by atoms with Crippen LogP contribution in [0.5, 0.6) is 0 Å². The van der Waals surface area contributed by atoms with Gasteiger partial charge >= 0.3 is 6.09 Å². The van der Waals surface area contributed by atoms with Gasteiger partial charge in [-0.05, 0) is 81.9 Å². The fourth-order valence-electron chi connectivity index (χ4n) is 6.90. The SMILES string of the molecule is O=C(N[C@H]1CCCCC/C=C\[C@@H]2CC2(C(=O)NS(=O)(=O)C2CC2)NC(=O)[C@@H]2C[C@@H](O/N=C/c3ccc(F)cc3)CN2C1=O)OC1CCCC1. The number of ether oxygens (including phenoxy) is 1. The molecule has 0 bridgehead atoms. The number of halogens is 1. The molecule has 3 aliphatic carbocycles. The normalized spacial score (nSPS) is 30.3. The average molecular weight is 702 g/mol. The van der Waals surface area contributed by atoms with E-state index in [4.69, 9.17) is 9.57 Å². The Morgan fingerprint density at radius 2 is 1.73 bits per heavy atom. The van der Waals surface area contributed by atoms with Crippen molar-refractivity contribution in [3.8, 4) is 0 Å². The molecule has 1 unspecified atom stereocenters.